The molecule has 33 heavy (non-hydrogen) atoms. The highest BCUT2D eigenvalue weighted by atomic mass is 79.9. The van der Waals surface area contributed by atoms with Crippen LogP contribution in [0.15, 0.2) is 41.1 Å². The summed E-state index contributed by atoms with van der Waals surface area (Å²) in [4.78, 5) is 30.2. The van der Waals surface area contributed by atoms with Gasteiger partial charge in [-0.15, -0.1) is 0 Å². The largest absolute Gasteiger partial charge is 0.465 e. The third kappa shape index (κ3) is 6.23. The molecule has 1 aromatic carbocycles. The molecule has 0 radical (unpaired) electrons. The van der Waals surface area contributed by atoms with Crippen LogP contribution in [0, 0.1) is 6.92 Å². The maximum atomic E-state index is 13.3. The first kappa shape index (κ1) is 25.9. The van der Waals surface area contributed by atoms with E-state index < -0.39 is 22.3 Å². The fourth-order valence-electron chi connectivity index (χ4n) is 2.92. The molecular formula is C19H13BrCl5N5O3. The van der Waals surface area contributed by atoms with Gasteiger partial charge in [0.25, 0.3) is 5.91 Å². The van der Waals surface area contributed by atoms with Crippen LogP contribution in [0.4, 0.5) is 16.2 Å². The van der Waals surface area contributed by atoms with Gasteiger partial charge in [0, 0.05) is 17.3 Å². The summed E-state index contributed by atoms with van der Waals surface area (Å²) in [6.07, 6.45) is 0.0908. The summed E-state index contributed by atoms with van der Waals surface area (Å²) < 4.78 is -0.316. The molecule has 0 saturated carbocycles. The smallest absolute Gasteiger partial charge is 0.412 e. The third-order valence-electron chi connectivity index (χ3n) is 4.23. The number of benzene rings is 1. The van der Waals surface area contributed by atoms with E-state index in [9.17, 15) is 14.7 Å². The number of carboxylic acid groups (broad SMARTS) is 1. The van der Waals surface area contributed by atoms with Gasteiger partial charge >= 0.3 is 6.09 Å². The van der Waals surface area contributed by atoms with Gasteiger partial charge in [0.1, 0.15) is 10.3 Å². The van der Waals surface area contributed by atoms with E-state index in [1.54, 1.807) is 25.1 Å². The predicted molar refractivity (Wildman–Crippen MR) is 134 cm³/mol. The van der Waals surface area contributed by atoms with Crippen LogP contribution in [0.2, 0.25) is 10.0 Å². The summed E-state index contributed by atoms with van der Waals surface area (Å²) in [5, 5.41) is 17.1. The molecule has 2 aromatic heterocycles. The summed E-state index contributed by atoms with van der Waals surface area (Å²) in [5.41, 5.74) is 0.721. The number of nitrogens with one attached hydrogen (secondary N) is 1. The first-order valence-electron chi connectivity index (χ1n) is 8.92. The molecule has 3 rings (SSSR count). The van der Waals surface area contributed by atoms with Crippen molar-refractivity contribution >= 4 is 97.3 Å². The predicted octanol–water partition coefficient (Wildman–Crippen LogP) is 6.75. The number of hydrogen-bond acceptors (Lipinski definition) is 4. The van der Waals surface area contributed by atoms with Crippen LogP contribution in [-0.2, 0) is 0 Å². The monoisotopic (exact) mass is 613 g/mol. The van der Waals surface area contributed by atoms with Gasteiger partial charge in [0.2, 0.25) is 3.79 Å². The number of aromatic nitrogens is 3. The van der Waals surface area contributed by atoms with Crippen LogP contribution in [0.3, 0.4) is 0 Å². The SMILES string of the molecule is Cc1cc(Cl)cc(N(CC(Cl)(Cl)Cl)C(=O)O)c1NC(=O)c1cc(Br)nn1-c1ncccc1Cl. The van der Waals surface area contributed by atoms with Crippen molar-refractivity contribution in [1.29, 1.82) is 0 Å². The van der Waals surface area contributed by atoms with Gasteiger partial charge in [-0.3, -0.25) is 9.69 Å². The number of anilines is 2. The van der Waals surface area contributed by atoms with Gasteiger partial charge in [-0.05, 0) is 52.7 Å². The Labute approximate surface area is 221 Å². The van der Waals surface area contributed by atoms with E-state index in [2.05, 4.69) is 31.3 Å². The van der Waals surface area contributed by atoms with Crippen molar-refractivity contribution < 1.29 is 14.7 Å². The van der Waals surface area contributed by atoms with Gasteiger partial charge < -0.3 is 10.4 Å². The minimum atomic E-state index is -1.92. The molecule has 0 saturated heterocycles. The number of carbonyl (C=O) groups is 2. The number of alkyl halides is 3. The molecule has 2 amide bonds. The van der Waals surface area contributed by atoms with E-state index in [-0.39, 0.29) is 32.9 Å². The maximum absolute atomic E-state index is 13.3. The van der Waals surface area contributed by atoms with E-state index in [4.69, 9.17) is 58.0 Å². The Kier molecular flexibility index (Phi) is 8.03. The van der Waals surface area contributed by atoms with E-state index in [0.717, 1.165) is 4.90 Å². The van der Waals surface area contributed by atoms with Gasteiger partial charge in [-0.25, -0.2) is 14.5 Å². The second kappa shape index (κ2) is 10.2. The third-order valence-corrected chi connectivity index (χ3v) is 5.49. The Balaban J connectivity index is 2.07. The highest BCUT2D eigenvalue weighted by Gasteiger charge is 2.31. The molecule has 0 bridgehead atoms. The Hall–Kier alpha value is -1.75. The van der Waals surface area contributed by atoms with Crippen molar-refractivity contribution in [3.63, 3.8) is 0 Å². The van der Waals surface area contributed by atoms with Crippen molar-refractivity contribution in [2.75, 3.05) is 16.8 Å². The molecular weight excluding hydrogens is 603 g/mol. The first-order chi connectivity index (χ1) is 15.4. The Morgan fingerprint density at radius 1 is 1.24 bits per heavy atom. The number of rotatable bonds is 5. The van der Waals surface area contributed by atoms with Crippen LogP contribution in [0.1, 0.15) is 16.1 Å². The Morgan fingerprint density at radius 3 is 2.55 bits per heavy atom. The van der Waals surface area contributed by atoms with Gasteiger partial charge in [0.15, 0.2) is 5.82 Å². The quantitative estimate of drug-likeness (QED) is 0.309. The lowest BCUT2D eigenvalue weighted by atomic mass is 10.1. The van der Waals surface area contributed by atoms with Crippen LogP contribution in [0.25, 0.3) is 5.82 Å². The minimum absolute atomic E-state index is 0.0215. The zero-order chi connectivity index (χ0) is 24.5. The average molecular weight is 617 g/mol. The van der Waals surface area contributed by atoms with E-state index in [1.807, 2.05) is 0 Å². The van der Waals surface area contributed by atoms with E-state index in [1.165, 1.54) is 23.0 Å². The summed E-state index contributed by atoms with van der Waals surface area (Å²) in [6, 6.07) is 7.60. The molecule has 174 valence electrons. The summed E-state index contributed by atoms with van der Waals surface area (Å²) in [5.74, 6) is -0.396. The topological polar surface area (TPSA) is 100 Å². The van der Waals surface area contributed by atoms with Crippen molar-refractivity contribution in [2.45, 2.75) is 10.7 Å². The second-order valence-electron chi connectivity index (χ2n) is 6.63. The standard InChI is InChI=1S/C19H13BrCl5N5O3/c1-9-5-10(21)6-12(29(18(32)33)8-19(23,24)25)15(9)27-17(31)13-7-14(20)28-30(13)16-11(22)3-2-4-26-16/h2-7H,8H2,1H3,(H,27,31)(H,32,33). The highest BCUT2D eigenvalue weighted by molar-refractivity contribution is 9.10. The first-order valence-corrected chi connectivity index (χ1v) is 11.6. The Morgan fingerprint density at radius 2 is 1.94 bits per heavy atom. The Bertz CT molecular complexity index is 1230. The average Bonchev–Trinajstić information content (AvgIpc) is 3.09. The maximum Gasteiger partial charge on any atom is 0.412 e. The molecule has 8 nitrogen and oxygen atoms in total. The van der Waals surface area contributed by atoms with Crippen molar-refractivity contribution in [3.8, 4) is 5.82 Å². The molecule has 0 atom stereocenters. The van der Waals surface area contributed by atoms with E-state index >= 15 is 0 Å². The molecule has 3 aromatic rings. The minimum Gasteiger partial charge on any atom is -0.465 e. The molecule has 0 fully saturated rings. The van der Waals surface area contributed by atoms with E-state index in [0.29, 0.717) is 10.2 Å². The molecule has 2 heterocycles. The van der Waals surface area contributed by atoms with Crippen LogP contribution in [0.5, 0.6) is 0 Å². The van der Waals surface area contributed by atoms with Crippen molar-refractivity contribution in [2.24, 2.45) is 0 Å². The van der Waals surface area contributed by atoms with Crippen molar-refractivity contribution in [3.05, 3.63) is 62.4 Å². The number of amides is 2. The molecule has 0 spiro atoms. The molecule has 2 N–H and O–H groups in total. The second-order valence-corrected chi connectivity index (χ2v) is 10.8. The fraction of sp³-hybridized carbons (Fsp3) is 0.158. The number of hydrogen-bond donors (Lipinski definition) is 2. The fourth-order valence-corrected chi connectivity index (χ4v) is 4.12. The zero-order valence-electron chi connectivity index (χ0n) is 16.5. The summed E-state index contributed by atoms with van der Waals surface area (Å²) in [7, 11) is 0. The summed E-state index contributed by atoms with van der Waals surface area (Å²) >= 11 is 33.1. The lowest BCUT2D eigenvalue weighted by Crippen LogP contribution is -2.37. The van der Waals surface area contributed by atoms with Gasteiger partial charge in [0.05, 0.1) is 22.9 Å². The molecule has 0 aliphatic rings. The normalized spacial score (nSPS) is 11.4. The number of halogens is 6. The van der Waals surface area contributed by atoms with Crippen LogP contribution >= 0.6 is 73.9 Å². The molecule has 0 unspecified atom stereocenters. The molecule has 0 aliphatic heterocycles. The lowest BCUT2D eigenvalue weighted by Gasteiger charge is -2.26. The zero-order valence-corrected chi connectivity index (χ0v) is 21.9. The summed E-state index contributed by atoms with van der Waals surface area (Å²) in [6.45, 7) is 1.13. The molecule has 0 aliphatic carbocycles. The van der Waals surface area contributed by atoms with Gasteiger partial charge in [-0.1, -0.05) is 58.0 Å². The van der Waals surface area contributed by atoms with Crippen molar-refractivity contribution in [1.82, 2.24) is 14.8 Å². The number of nitrogens with zero attached hydrogens (tertiary/aromatic N) is 4. The van der Waals surface area contributed by atoms with Gasteiger partial charge in [-0.2, -0.15) is 5.10 Å². The highest BCUT2D eigenvalue weighted by Crippen LogP contribution is 2.37. The lowest BCUT2D eigenvalue weighted by molar-refractivity contribution is 0.101. The number of pyridine rings is 1. The van der Waals surface area contributed by atoms with Crippen LogP contribution < -0.4 is 10.2 Å². The molecule has 14 heteroatoms. The van der Waals surface area contributed by atoms with Crippen LogP contribution in [-0.4, -0.2) is 42.2 Å². The number of carbonyl (C=O) groups excluding carboxylic acids is 1. The number of aryl methyl sites for hydroxylation is 1.